The number of carbonyl (C=O) groups excluding carboxylic acids is 2. The minimum atomic E-state index is -0.263. The molecule has 2 aromatic heterocycles. The van der Waals surface area contributed by atoms with Gasteiger partial charge in [-0.15, -0.1) is 0 Å². The van der Waals surface area contributed by atoms with Gasteiger partial charge in [0.15, 0.2) is 5.76 Å². The molecule has 1 N–H and O–H groups in total. The Morgan fingerprint density at radius 2 is 1.69 bits per heavy atom. The third-order valence-electron chi connectivity index (χ3n) is 6.08. The number of aromatic nitrogens is 2. The molecular weight excluding hydrogens is 456 g/mol. The van der Waals surface area contributed by atoms with E-state index in [4.69, 9.17) is 9.15 Å². The summed E-state index contributed by atoms with van der Waals surface area (Å²) in [5, 5.41) is 7.56. The van der Waals surface area contributed by atoms with Gasteiger partial charge in [0.2, 0.25) is 0 Å². The summed E-state index contributed by atoms with van der Waals surface area (Å²) < 4.78 is 12.8. The fourth-order valence-electron chi connectivity index (χ4n) is 4.42. The smallest absolute Gasteiger partial charge is 0.270 e. The summed E-state index contributed by atoms with van der Waals surface area (Å²) in [5.74, 6) is 0.313. The number of benzene rings is 2. The Labute approximate surface area is 209 Å². The zero-order chi connectivity index (χ0) is 25.1. The van der Waals surface area contributed by atoms with Crippen LogP contribution >= 0.6 is 0 Å². The van der Waals surface area contributed by atoms with E-state index in [1.54, 1.807) is 41.3 Å². The molecule has 0 radical (unpaired) electrons. The van der Waals surface area contributed by atoms with Crippen LogP contribution in [0.3, 0.4) is 0 Å². The maximum absolute atomic E-state index is 13.2. The Hall–Kier alpha value is -4.17. The summed E-state index contributed by atoms with van der Waals surface area (Å²) in [6.45, 7) is 5.42. The van der Waals surface area contributed by atoms with Crippen molar-refractivity contribution in [2.75, 3.05) is 13.1 Å². The molecule has 8 nitrogen and oxygen atoms in total. The number of ether oxygens (including phenoxy) is 1. The second-order valence-corrected chi connectivity index (χ2v) is 8.99. The second kappa shape index (κ2) is 10.2. The van der Waals surface area contributed by atoms with Crippen molar-refractivity contribution in [3.05, 3.63) is 95.9 Å². The van der Waals surface area contributed by atoms with E-state index in [1.807, 2.05) is 61.2 Å². The van der Waals surface area contributed by atoms with Gasteiger partial charge in [-0.2, -0.15) is 5.10 Å². The van der Waals surface area contributed by atoms with Crippen LogP contribution in [-0.4, -0.2) is 51.8 Å². The lowest BCUT2D eigenvalue weighted by molar-refractivity contribution is -0.0586. The topological polar surface area (TPSA) is 89.6 Å². The van der Waals surface area contributed by atoms with E-state index < -0.39 is 0 Å². The molecule has 3 heterocycles. The van der Waals surface area contributed by atoms with Gasteiger partial charge in [-0.3, -0.25) is 9.59 Å². The average molecular weight is 485 g/mol. The number of hydrogen-bond acceptors (Lipinski definition) is 5. The molecule has 1 saturated heterocycles. The van der Waals surface area contributed by atoms with Crippen molar-refractivity contribution in [1.29, 1.82) is 0 Å². The molecule has 0 aliphatic carbocycles. The third-order valence-corrected chi connectivity index (χ3v) is 6.08. The van der Waals surface area contributed by atoms with Crippen molar-refractivity contribution in [3.63, 3.8) is 0 Å². The molecule has 2 amide bonds. The molecule has 1 aliphatic rings. The number of para-hydroxylation sites is 1. The predicted octanol–water partition coefficient (Wildman–Crippen LogP) is 4.31. The number of nitrogens with zero attached hydrogens (tertiary/aromatic N) is 3. The van der Waals surface area contributed by atoms with Gasteiger partial charge >= 0.3 is 0 Å². The average Bonchev–Trinajstić information content (AvgIpc) is 3.58. The Morgan fingerprint density at radius 3 is 2.36 bits per heavy atom. The number of amides is 2. The van der Waals surface area contributed by atoms with Gasteiger partial charge in [-0.25, -0.2) is 4.68 Å². The van der Waals surface area contributed by atoms with E-state index in [0.29, 0.717) is 42.3 Å². The van der Waals surface area contributed by atoms with Crippen molar-refractivity contribution < 1.29 is 18.7 Å². The van der Waals surface area contributed by atoms with Crippen molar-refractivity contribution in [2.24, 2.45) is 0 Å². The molecule has 36 heavy (non-hydrogen) atoms. The third kappa shape index (κ3) is 5.08. The zero-order valence-electron chi connectivity index (χ0n) is 20.3. The van der Waals surface area contributed by atoms with Crippen LogP contribution in [0.1, 0.15) is 40.3 Å². The van der Waals surface area contributed by atoms with Crippen LogP contribution in [0.5, 0.6) is 0 Å². The number of rotatable bonds is 6. The molecule has 8 heteroatoms. The first-order chi connectivity index (χ1) is 17.5. The highest BCUT2D eigenvalue weighted by molar-refractivity contribution is 5.95. The molecule has 0 saturated carbocycles. The van der Waals surface area contributed by atoms with Gasteiger partial charge < -0.3 is 19.4 Å². The molecule has 1 aliphatic heterocycles. The Bertz CT molecular complexity index is 1320. The largest absolute Gasteiger partial charge is 0.463 e. The SMILES string of the molecule is CC1CN(C(=O)c2ccc(CNC(=O)c3cc(-c4ccco4)nn3-c3ccccc3)cc2)CC(C)O1. The number of morpholine rings is 1. The Balaban J connectivity index is 1.29. The standard InChI is InChI=1S/C28H28N4O4/c1-19-17-31(18-20(2)36-19)28(34)22-12-10-21(11-13-22)16-29-27(33)25-15-24(26-9-6-14-35-26)30-32(25)23-7-4-3-5-8-23/h3-15,19-20H,16-18H2,1-2H3,(H,29,33). The quantitative estimate of drug-likeness (QED) is 0.441. The van der Waals surface area contributed by atoms with E-state index in [9.17, 15) is 9.59 Å². The van der Waals surface area contributed by atoms with Gasteiger partial charge in [0, 0.05) is 31.3 Å². The van der Waals surface area contributed by atoms with Crippen LogP contribution in [0.4, 0.5) is 0 Å². The summed E-state index contributed by atoms with van der Waals surface area (Å²) in [6, 6.07) is 22.1. The summed E-state index contributed by atoms with van der Waals surface area (Å²) >= 11 is 0. The second-order valence-electron chi connectivity index (χ2n) is 8.99. The van der Waals surface area contributed by atoms with Crippen molar-refractivity contribution >= 4 is 11.8 Å². The number of furan rings is 1. The van der Waals surface area contributed by atoms with E-state index in [-0.39, 0.29) is 24.0 Å². The molecule has 2 unspecified atom stereocenters. The number of nitrogens with one attached hydrogen (secondary N) is 1. The molecule has 2 atom stereocenters. The molecule has 5 rings (SSSR count). The van der Waals surface area contributed by atoms with E-state index in [1.165, 1.54) is 0 Å². The molecule has 4 aromatic rings. The van der Waals surface area contributed by atoms with Crippen LogP contribution in [0.15, 0.2) is 83.5 Å². The summed E-state index contributed by atoms with van der Waals surface area (Å²) in [5.41, 5.74) is 3.26. The lowest BCUT2D eigenvalue weighted by atomic mass is 10.1. The van der Waals surface area contributed by atoms with E-state index in [2.05, 4.69) is 10.4 Å². The summed E-state index contributed by atoms with van der Waals surface area (Å²) in [7, 11) is 0. The van der Waals surface area contributed by atoms with E-state index in [0.717, 1.165) is 11.3 Å². The molecule has 184 valence electrons. The number of hydrogen-bond donors (Lipinski definition) is 1. The normalized spacial score (nSPS) is 17.7. The van der Waals surface area contributed by atoms with Gasteiger partial charge in [0.1, 0.15) is 11.4 Å². The van der Waals surface area contributed by atoms with E-state index >= 15 is 0 Å². The molecule has 0 spiro atoms. The van der Waals surface area contributed by atoms with Crippen LogP contribution in [-0.2, 0) is 11.3 Å². The van der Waals surface area contributed by atoms with Crippen molar-refractivity contribution in [3.8, 4) is 17.1 Å². The lowest BCUT2D eigenvalue weighted by Crippen LogP contribution is -2.48. The maximum atomic E-state index is 13.2. The first kappa shape index (κ1) is 23.6. The van der Waals surface area contributed by atoms with Crippen molar-refractivity contribution in [1.82, 2.24) is 20.0 Å². The Kier molecular flexibility index (Phi) is 6.69. The van der Waals surface area contributed by atoms with Crippen LogP contribution in [0.25, 0.3) is 17.1 Å². The maximum Gasteiger partial charge on any atom is 0.270 e. The minimum absolute atomic E-state index is 0.00944. The fraction of sp³-hybridized carbons (Fsp3) is 0.250. The van der Waals surface area contributed by atoms with Crippen LogP contribution in [0, 0.1) is 0 Å². The highest BCUT2D eigenvalue weighted by Crippen LogP contribution is 2.22. The molecule has 1 fully saturated rings. The minimum Gasteiger partial charge on any atom is -0.463 e. The van der Waals surface area contributed by atoms with Gasteiger partial charge in [-0.1, -0.05) is 30.3 Å². The monoisotopic (exact) mass is 484 g/mol. The summed E-state index contributed by atoms with van der Waals surface area (Å²) in [4.78, 5) is 27.9. The molecular formula is C28H28N4O4. The fourth-order valence-corrected chi connectivity index (χ4v) is 4.42. The first-order valence-corrected chi connectivity index (χ1v) is 12.0. The highest BCUT2D eigenvalue weighted by atomic mass is 16.5. The van der Waals surface area contributed by atoms with Gasteiger partial charge in [0.05, 0.1) is 24.2 Å². The lowest BCUT2D eigenvalue weighted by Gasteiger charge is -2.35. The zero-order valence-corrected chi connectivity index (χ0v) is 20.3. The number of carbonyl (C=O) groups is 2. The van der Waals surface area contributed by atoms with Gasteiger partial charge in [0.25, 0.3) is 11.8 Å². The Morgan fingerprint density at radius 1 is 0.972 bits per heavy atom. The van der Waals surface area contributed by atoms with Crippen molar-refractivity contribution in [2.45, 2.75) is 32.6 Å². The predicted molar refractivity (Wildman–Crippen MR) is 135 cm³/mol. The van der Waals surface area contributed by atoms with Crippen LogP contribution in [0.2, 0.25) is 0 Å². The molecule has 2 aromatic carbocycles. The van der Waals surface area contributed by atoms with Gasteiger partial charge in [-0.05, 0) is 55.8 Å². The first-order valence-electron chi connectivity index (χ1n) is 12.0. The molecule has 0 bridgehead atoms. The summed E-state index contributed by atoms with van der Waals surface area (Å²) in [6.07, 6.45) is 1.61. The highest BCUT2D eigenvalue weighted by Gasteiger charge is 2.26. The van der Waals surface area contributed by atoms with Crippen LogP contribution < -0.4 is 5.32 Å².